The maximum atomic E-state index is 13.8. The molecule has 3 aromatic rings. The molecule has 152 valence electrons. The third-order valence-electron chi connectivity index (χ3n) is 5.28. The lowest BCUT2D eigenvalue weighted by atomic mass is 9.97. The highest BCUT2D eigenvalue weighted by molar-refractivity contribution is 5.92. The molecule has 0 saturated heterocycles. The third-order valence-corrected chi connectivity index (χ3v) is 5.28. The fourth-order valence-electron chi connectivity index (χ4n) is 3.84. The largest absolute Gasteiger partial charge is 0.492 e. The molecule has 1 atom stereocenters. The van der Waals surface area contributed by atoms with Gasteiger partial charge in [0, 0.05) is 29.3 Å². The first-order chi connectivity index (χ1) is 14.1. The summed E-state index contributed by atoms with van der Waals surface area (Å²) in [5, 5.41) is 4.03. The average Bonchev–Trinajstić information content (AvgIpc) is 3.13. The second kappa shape index (κ2) is 8.21. The molecule has 0 bridgehead atoms. The highest BCUT2D eigenvalue weighted by atomic mass is 19.1. The van der Waals surface area contributed by atoms with Crippen LogP contribution in [0, 0.1) is 11.6 Å². The number of rotatable bonds is 6. The molecule has 29 heavy (non-hydrogen) atoms. The Morgan fingerprint density at radius 2 is 2.21 bits per heavy atom. The van der Waals surface area contributed by atoms with Gasteiger partial charge in [0.2, 0.25) is 0 Å². The monoisotopic (exact) mass is 400 g/mol. The van der Waals surface area contributed by atoms with Crippen LogP contribution in [0.3, 0.4) is 0 Å². The molecule has 0 radical (unpaired) electrons. The van der Waals surface area contributed by atoms with Crippen LogP contribution in [0.5, 0.6) is 5.75 Å². The zero-order valence-electron chi connectivity index (χ0n) is 16.1. The van der Waals surface area contributed by atoms with Crippen LogP contribution in [0.4, 0.5) is 8.78 Å². The van der Waals surface area contributed by atoms with E-state index >= 15 is 0 Å². The van der Waals surface area contributed by atoms with Crippen molar-refractivity contribution in [2.24, 2.45) is 0 Å². The Kier molecular flexibility index (Phi) is 5.49. The van der Waals surface area contributed by atoms with Crippen molar-refractivity contribution in [3.63, 3.8) is 0 Å². The van der Waals surface area contributed by atoms with E-state index < -0.39 is 11.6 Å². The number of halogens is 2. The lowest BCUT2D eigenvalue weighted by molar-refractivity contribution is 0.0597. The number of fused-ring (bicyclic) bond motifs is 2. The van der Waals surface area contributed by atoms with E-state index in [4.69, 9.17) is 9.47 Å². The van der Waals surface area contributed by atoms with E-state index in [2.05, 4.69) is 10.3 Å². The molecule has 5 nitrogen and oxygen atoms in total. The van der Waals surface area contributed by atoms with Crippen LogP contribution in [-0.4, -0.2) is 37.3 Å². The van der Waals surface area contributed by atoms with E-state index in [0.717, 1.165) is 23.6 Å². The Balaban J connectivity index is 1.35. The summed E-state index contributed by atoms with van der Waals surface area (Å²) in [4.78, 5) is 14.9. The van der Waals surface area contributed by atoms with Gasteiger partial charge in [-0.25, -0.2) is 13.6 Å². The number of aromatic amines is 1. The Bertz CT molecular complexity index is 1050. The second-order valence-electron chi connectivity index (χ2n) is 7.17. The first kappa shape index (κ1) is 19.4. The predicted molar refractivity (Wildman–Crippen MR) is 105 cm³/mol. The number of benzene rings is 2. The van der Waals surface area contributed by atoms with Crippen LogP contribution in [0.25, 0.3) is 10.9 Å². The van der Waals surface area contributed by atoms with Gasteiger partial charge in [-0.3, -0.25) is 0 Å². The van der Waals surface area contributed by atoms with Crippen LogP contribution in [0.15, 0.2) is 36.5 Å². The number of carbonyl (C=O) groups is 1. The van der Waals surface area contributed by atoms with Gasteiger partial charge in [0.25, 0.3) is 0 Å². The molecule has 1 aliphatic heterocycles. The van der Waals surface area contributed by atoms with Crippen LogP contribution in [-0.2, 0) is 17.6 Å². The maximum Gasteiger partial charge on any atom is 0.338 e. The van der Waals surface area contributed by atoms with Gasteiger partial charge in [-0.15, -0.1) is 0 Å². The molecule has 0 aliphatic carbocycles. The second-order valence-corrected chi connectivity index (χ2v) is 7.17. The van der Waals surface area contributed by atoms with Gasteiger partial charge in [-0.2, -0.15) is 0 Å². The normalized spacial score (nSPS) is 15.8. The summed E-state index contributed by atoms with van der Waals surface area (Å²) in [6, 6.07) is 7.70. The molecule has 1 aliphatic rings. The molecule has 2 heterocycles. The van der Waals surface area contributed by atoms with Crippen molar-refractivity contribution in [3.8, 4) is 5.75 Å². The molecule has 1 aromatic heterocycles. The summed E-state index contributed by atoms with van der Waals surface area (Å²) >= 11 is 0. The molecule has 0 saturated carbocycles. The first-order valence-corrected chi connectivity index (χ1v) is 9.58. The van der Waals surface area contributed by atoms with Crippen molar-refractivity contribution in [1.29, 1.82) is 0 Å². The zero-order valence-corrected chi connectivity index (χ0v) is 16.1. The minimum Gasteiger partial charge on any atom is -0.492 e. The number of methoxy groups -OCH3 is 1. The van der Waals surface area contributed by atoms with Gasteiger partial charge in [0.15, 0.2) is 0 Å². The minimum absolute atomic E-state index is 0.0752. The fraction of sp³-hybridized carbons (Fsp3) is 0.318. The Morgan fingerprint density at radius 3 is 3.03 bits per heavy atom. The number of aryl methyl sites for hydroxylation is 1. The first-order valence-electron chi connectivity index (χ1n) is 9.58. The van der Waals surface area contributed by atoms with E-state index in [9.17, 15) is 13.6 Å². The molecule has 4 rings (SSSR count). The van der Waals surface area contributed by atoms with E-state index in [1.165, 1.54) is 13.2 Å². The van der Waals surface area contributed by atoms with Gasteiger partial charge in [-0.1, -0.05) is 6.07 Å². The smallest absolute Gasteiger partial charge is 0.338 e. The number of hydrogen-bond donors (Lipinski definition) is 2. The number of H-pyrrole nitrogens is 1. The van der Waals surface area contributed by atoms with Crippen LogP contribution < -0.4 is 10.1 Å². The molecule has 0 fully saturated rings. The quantitative estimate of drug-likeness (QED) is 0.489. The Labute approximate surface area is 167 Å². The molecule has 7 heteroatoms. The molecular weight excluding hydrogens is 378 g/mol. The van der Waals surface area contributed by atoms with Crippen molar-refractivity contribution in [2.75, 3.05) is 20.3 Å². The summed E-state index contributed by atoms with van der Waals surface area (Å²) < 4.78 is 38.0. The summed E-state index contributed by atoms with van der Waals surface area (Å²) in [5.74, 6) is -0.809. The fourth-order valence-corrected chi connectivity index (χ4v) is 3.84. The SMILES string of the molecule is COC(=O)c1cccc2c1CC(NCCCc1c[nH]c3c(F)cc(F)cc13)CO2. The molecule has 0 spiro atoms. The van der Waals surface area contributed by atoms with Crippen molar-refractivity contribution < 1.29 is 23.0 Å². The summed E-state index contributed by atoms with van der Waals surface area (Å²) in [6.45, 7) is 1.23. The topological polar surface area (TPSA) is 63.3 Å². The van der Waals surface area contributed by atoms with E-state index in [0.29, 0.717) is 48.2 Å². The molecule has 2 N–H and O–H groups in total. The third kappa shape index (κ3) is 3.96. The molecule has 0 amide bonds. The summed E-state index contributed by atoms with van der Waals surface area (Å²) in [7, 11) is 1.36. The van der Waals surface area contributed by atoms with E-state index in [-0.39, 0.29) is 12.0 Å². The summed E-state index contributed by atoms with van der Waals surface area (Å²) in [6.07, 6.45) is 3.89. The number of hydrogen-bond acceptors (Lipinski definition) is 4. The maximum absolute atomic E-state index is 13.8. The van der Waals surface area contributed by atoms with Crippen LogP contribution >= 0.6 is 0 Å². The van der Waals surface area contributed by atoms with Crippen molar-refractivity contribution in [1.82, 2.24) is 10.3 Å². The molecular formula is C22H22F2N2O3. The number of aromatic nitrogens is 1. The van der Waals surface area contributed by atoms with Gasteiger partial charge in [-0.05, 0) is 49.6 Å². The average molecular weight is 400 g/mol. The van der Waals surface area contributed by atoms with Gasteiger partial charge < -0.3 is 19.8 Å². The molecule has 2 aromatic carbocycles. The highest BCUT2D eigenvalue weighted by Gasteiger charge is 2.24. The lowest BCUT2D eigenvalue weighted by Crippen LogP contribution is -2.40. The van der Waals surface area contributed by atoms with Crippen LogP contribution in [0.2, 0.25) is 0 Å². The Hall–Kier alpha value is -2.93. The number of carbonyl (C=O) groups excluding carboxylic acids is 1. The molecule has 1 unspecified atom stereocenters. The van der Waals surface area contributed by atoms with Crippen LogP contribution in [0.1, 0.15) is 27.9 Å². The number of nitrogens with one attached hydrogen (secondary N) is 2. The number of esters is 1. The van der Waals surface area contributed by atoms with Gasteiger partial charge in [0.1, 0.15) is 24.0 Å². The van der Waals surface area contributed by atoms with Crippen molar-refractivity contribution in [2.45, 2.75) is 25.3 Å². The van der Waals surface area contributed by atoms with Crippen molar-refractivity contribution >= 4 is 16.9 Å². The minimum atomic E-state index is -0.580. The summed E-state index contributed by atoms with van der Waals surface area (Å²) in [5.41, 5.74) is 2.60. The lowest BCUT2D eigenvalue weighted by Gasteiger charge is -2.27. The zero-order chi connectivity index (χ0) is 20.4. The van der Waals surface area contributed by atoms with Gasteiger partial charge in [0.05, 0.1) is 18.2 Å². The predicted octanol–water partition coefficient (Wildman–Crippen LogP) is 3.76. The van der Waals surface area contributed by atoms with Gasteiger partial charge >= 0.3 is 5.97 Å². The Morgan fingerprint density at radius 1 is 1.34 bits per heavy atom. The van der Waals surface area contributed by atoms with Crippen molar-refractivity contribution in [3.05, 3.63) is 64.9 Å². The van der Waals surface area contributed by atoms with E-state index in [1.807, 2.05) is 6.07 Å². The highest BCUT2D eigenvalue weighted by Crippen LogP contribution is 2.28. The standard InChI is InChI=1S/C22H22F2N2O3/c1-28-22(27)16-5-2-6-20-18(16)10-15(12-29-20)25-7-3-4-13-11-26-21-17(13)8-14(23)9-19(21)24/h2,5-6,8-9,11,15,25-26H,3-4,7,10,12H2,1H3. The number of ether oxygens (including phenoxy) is 2. The van der Waals surface area contributed by atoms with E-state index in [1.54, 1.807) is 18.3 Å².